The minimum atomic E-state index is -0.0186. The fourth-order valence-corrected chi connectivity index (χ4v) is 0.502. The van der Waals surface area contributed by atoms with E-state index in [1.54, 1.807) is 14.0 Å². The van der Waals surface area contributed by atoms with E-state index < -0.39 is 0 Å². The summed E-state index contributed by atoms with van der Waals surface area (Å²) >= 11 is 0. The van der Waals surface area contributed by atoms with E-state index in [0.717, 1.165) is 6.42 Å². The summed E-state index contributed by atoms with van der Waals surface area (Å²) in [4.78, 5) is 0. The normalized spacial score (nSPS) is 11.9. The third kappa shape index (κ3) is 5.35. The Morgan fingerprint density at radius 3 is 2.78 bits per heavy atom. The van der Waals surface area contributed by atoms with Gasteiger partial charge < -0.3 is 10.5 Å². The van der Waals surface area contributed by atoms with E-state index in [9.17, 15) is 0 Å². The molecule has 0 aromatic carbocycles. The molecule has 0 saturated heterocycles. The van der Waals surface area contributed by atoms with E-state index in [1.807, 2.05) is 0 Å². The summed E-state index contributed by atoms with van der Waals surface area (Å²) in [6.45, 7) is 2.47. The van der Waals surface area contributed by atoms with Crippen molar-refractivity contribution in [2.45, 2.75) is 19.4 Å². The van der Waals surface area contributed by atoms with Crippen LogP contribution >= 0.6 is 0 Å². The monoisotopic (exact) mass is 127 g/mol. The van der Waals surface area contributed by atoms with Gasteiger partial charge in [0.25, 0.3) is 0 Å². The van der Waals surface area contributed by atoms with Crippen molar-refractivity contribution < 1.29 is 4.74 Å². The van der Waals surface area contributed by atoms with Gasteiger partial charge in [0.2, 0.25) is 0 Å². The van der Waals surface area contributed by atoms with Crippen molar-refractivity contribution in [3.05, 3.63) is 0 Å². The maximum Gasteiger partial charge on any atom is 0.0686 e. The molecule has 1 atom stereocenters. The van der Waals surface area contributed by atoms with Crippen LogP contribution in [0, 0.1) is 11.8 Å². The highest BCUT2D eigenvalue weighted by molar-refractivity contribution is 5.03. The molecule has 0 aliphatic heterocycles. The third-order valence-corrected chi connectivity index (χ3v) is 0.963. The first kappa shape index (κ1) is 8.48. The van der Waals surface area contributed by atoms with Gasteiger partial charge in [-0.1, -0.05) is 5.92 Å². The Hall–Kier alpha value is -0.520. The number of ether oxygens (including phenoxy) is 1. The predicted octanol–water partition coefficient (Wildman–Crippen LogP) is 0.373. The van der Waals surface area contributed by atoms with Gasteiger partial charge in [0.05, 0.1) is 6.04 Å². The highest BCUT2D eigenvalue weighted by Crippen LogP contribution is 1.84. The Bertz CT molecular complexity index is 112. The summed E-state index contributed by atoms with van der Waals surface area (Å²) in [5.74, 6) is 5.57. The van der Waals surface area contributed by atoms with E-state index in [4.69, 9.17) is 10.5 Å². The largest absolute Gasteiger partial charge is 0.385 e. The lowest BCUT2D eigenvalue weighted by molar-refractivity contribution is 0.192. The zero-order valence-corrected chi connectivity index (χ0v) is 5.98. The van der Waals surface area contributed by atoms with Crippen LogP contribution in [0.5, 0.6) is 0 Å². The Balaban J connectivity index is 3.23. The van der Waals surface area contributed by atoms with E-state index in [2.05, 4.69) is 11.8 Å². The van der Waals surface area contributed by atoms with Crippen LogP contribution in [0.25, 0.3) is 0 Å². The second kappa shape index (κ2) is 5.61. The zero-order chi connectivity index (χ0) is 7.11. The van der Waals surface area contributed by atoms with Crippen LogP contribution < -0.4 is 5.73 Å². The fraction of sp³-hybridized carbons (Fsp3) is 0.714. The SMILES string of the molecule is CC#CC(N)CCOC. The lowest BCUT2D eigenvalue weighted by atomic mass is 10.2. The minimum absolute atomic E-state index is 0.0186. The molecule has 0 spiro atoms. The quantitative estimate of drug-likeness (QED) is 0.556. The van der Waals surface area contributed by atoms with Crippen LogP contribution in [0.15, 0.2) is 0 Å². The second-order valence-corrected chi connectivity index (χ2v) is 1.78. The lowest BCUT2D eigenvalue weighted by Crippen LogP contribution is -2.19. The minimum Gasteiger partial charge on any atom is -0.385 e. The van der Waals surface area contributed by atoms with Crippen molar-refractivity contribution in [2.24, 2.45) is 5.73 Å². The highest BCUT2D eigenvalue weighted by Gasteiger charge is 1.93. The van der Waals surface area contributed by atoms with Crippen LogP contribution in [0.1, 0.15) is 13.3 Å². The molecule has 9 heavy (non-hydrogen) atoms. The topological polar surface area (TPSA) is 35.2 Å². The summed E-state index contributed by atoms with van der Waals surface area (Å²) in [6.07, 6.45) is 0.817. The number of hydrogen-bond donors (Lipinski definition) is 1. The van der Waals surface area contributed by atoms with Crippen LogP contribution in [0.3, 0.4) is 0 Å². The summed E-state index contributed by atoms with van der Waals surface area (Å²) < 4.78 is 4.81. The maximum absolute atomic E-state index is 5.52. The number of methoxy groups -OCH3 is 1. The second-order valence-electron chi connectivity index (χ2n) is 1.78. The first-order valence-electron chi connectivity index (χ1n) is 2.98. The van der Waals surface area contributed by atoms with Crippen molar-refractivity contribution in [1.82, 2.24) is 0 Å². The lowest BCUT2D eigenvalue weighted by Gasteiger charge is -2.00. The van der Waals surface area contributed by atoms with E-state index in [1.165, 1.54) is 0 Å². The van der Waals surface area contributed by atoms with Crippen LogP contribution in [-0.2, 0) is 4.74 Å². The molecule has 0 radical (unpaired) electrons. The summed E-state index contributed by atoms with van der Waals surface area (Å²) in [6, 6.07) is -0.0186. The molecule has 2 heteroatoms. The molecule has 0 amide bonds. The van der Waals surface area contributed by atoms with Crippen LogP contribution in [0.2, 0.25) is 0 Å². The molecule has 0 heterocycles. The molecule has 0 aliphatic rings. The van der Waals surface area contributed by atoms with Crippen molar-refractivity contribution in [1.29, 1.82) is 0 Å². The molecule has 0 aromatic rings. The average molecular weight is 127 g/mol. The van der Waals surface area contributed by atoms with Crippen LogP contribution in [-0.4, -0.2) is 19.8 Å². The molecule has 0 saturated carbocycles. The first-order valence-corrected chi connectivity index (χ1v) is 2.98. The molecule has 0 aromatic heterocycles. The molecular formula is C7H13NO. The Morgan fingerprint density at radius 2 is 2.33 bits per heavy atom. The fourth-order valence-electron chi connectivity index (χ4n) is 0.502. The molecule has 0 rings (SSSR count). The molecule has 0 aliphatic carbocycles. The van der Waals surface area contributed by atoms with Crippen LogP contribution in [0.4, 0.5) is 0 Å². The van der Waals surface area contributed by atoms with E-state index in [0.29, 0.717) is 6.61 Å². The highest BCUT2D eigenvalue weighted by atomic mass is 16.5. The molecule has 0 bridgehead atoms. The number of nitrogens with two attached hydrogens (primary N) is 1. The zero-order valence-electron chi connectivity index (χ0n) is 5.98. The van der Waals surface area contributed by atoms with Gasteiger partial charge in [0.1, 0.15) is 0 Å². The number of rotatable bonds is 3. The summed E-state index contributed by atoms with van der Waals surface area (Å²) in [7, 11) is 1.66. The molecule has 52 valence electrons. The molecule has 2 nitrogen and oxygen atoms in total. The Kier molecular flexibility index (Phi) is 5.29. The van der Waals surface area contributed by atoms with Crippen molar-refractivity contribution in [3.8, 4) is 11.8 Å². The van der Waals surface area contributed by atoms with E-state index in [-0.39, 0.29) is 6.04 Å². The van der Waals surface area contributed by atoms with Gasteiger partial charge in [-0.25, -0.2) is 0 Å². The van der Waals surface area contributed by atoms with Gasteiger partial charge in [0, 0.05) is 13.7 Å². The number of hydrogen-bond acceptors (Lipinski definition) is 2. The van der Waals surface area contributed by atoms with Gasteiger partial charge in [-0.2, -0.15) is 0 Å². The van der Waals surface area contributed by atoms with E-state index >= 15 is 0 Å². The molecule has 0 fully saturated rings. The van der Waals surface area contributed by atoms with Gasteiger partial charge in [-0.3, -0.25) is 0 Å². The van der Waals surface area contributed by atoms with Gasteiger partial charge in [-0.05, 0) is 13.3 Å². The average Bonchev–Trinajstić information content (AvgIpc) is 1.85. The predicted molar refractivity (Wildman–Crippen MR) is 37.9 cm³/mol. The van der Waals surface area contributed by atoms with Crippen molar-refractivity contribution in [3.63, 3.8) is 0 Å². The van der Waals surface area contributed by atoms with Crippen molar-refractivity contribution in [2.75, 3.05) is 13.7 Å². The van der Waals surface area contributed by atoms with Gasteiger partial charge in [-0.15, -0.1) is 5.92 Å². The Morgan fingerprint density at radius 1 is 1.67 bits per heavy atom. The van der Waals surface area contributed by atoms with Crippen molar-refractivity contribution >= 4 is 0 Å². The molecule has 2 N–H and O–H groups in total. The molecular weight excluding hydrogens is 114 g/mol. The van der Waals surface area contributed by atoms with Gasteiger partial charge in [0.15, 0.2) is 0 Å². The molecule has 1 unspecified atom stereocenters. The maximum atomic E-state index is 5.52. The Labute approximate surface area is 56.4 Å². The third-order valence-electron chi connectivity index (χ3n) is 0.963. The standard InChI is InChI=1S/C7H13NO/c1-3-4-7(8)5-6-9-2/h7H,5-6,8H2,1-2H3. The van der Waals surface area contributed by atoms with Gasteiger partial charge >= 0.3 is 0 Å². The summed E-state index contributed by atoms with van der Waals surface area (Å²) in [5, 5.41) is 0. The smallest absolute Gasteiger partial charge is 0.0686 e. The summed E-state index contributed by atoms with van der Waals surface area (Å²) in [5.41, 5.74) is 5.52. The first-order chi connectivity index (χ1) is 4.31.